The van der Waals surface area contributed by atoms with Gasteiger partial charge in [-0.3, -0.25) is 9.36 Å². The molecule has 9 nitrogen and oxygen atoms in total. The third-order valence-electron chi connectivity index (χ3n) is 6.85. The molecule has 0 aliphatic heterocycles. The Bertz CT molecular complexity index is 1650. The lowest BCUT2D eigenvalue weighted by molar-refractivity contribution is 0.0997. The van der Waals surface area contributed by atoms with Gasteiger partial charge in [0.1, 0.15) is 5.82 Å². The molecule has 0 radical (unpaired) electrons. The van der Waals surface area contributed by atoms with E-state index in [0.29, 0.717) is 23.6 Å². The first-order valence-electron chi connectivity index (χ1n) is 12.5. The molecule has 10 heteroatoms. The molecule has 0 atom stereocenters. The normalized spacial score (nSPS) is 12.5. The van der Waals surface area contributed by atoms with Crippen LogP contribution in [0.25, 0.3) is 16.9 Å². The molecule has 0 saturated carbocycles. The summed E-state index contributed by atoms with van der Waals surface area (Å²) < 4.78 is 7.24. The van der Waals surface area contributed by atoms with Crippen molar-refractivity contribution in [1.82, 2.24) is 14.5 Å². The first-order chi connectivity index (χ1) is 18.5. The van der Waals surface area contributed by atoms with Gasteiger partial charge in [-0.1, -0.05) is 30.3 Å². The highest BCUT2D eigenvalue weighted by Gasteiger charge is 2.22. The number of hydrogen-bond acceptors (Lipinski definition) is 7. The Kier molecular flexibility index (Phi) is 6.19. The third-order valence-corrected chi connectivity index (χ3v) is 6.85. The van der Waals surface area contributed by atoms with Gasteiger partial charge in [-0.05, 0) is 67.5 Å². The summed E-state index contributed by atoms with van der Waals surface area (Å²) in [5.41, 5.74) is 6.01. The fraction of sp³-hybridized carbons (Fsp3) is 0.179. The van der Waals surface area contributed by atoms with Crippen molar-refractivity contribution >= 4 is 40.9 Å². The number of aromatic nitrogens is 3. The Balaban J connectivity index is 1.35. The van der Waals surface area contributed by atoms with Gasteiger partial charge in [0.2, 0.25) is 5.95 Å². The van der Waals surface area contributed by atoms with Crippen LogP contribution in [-0.4, -0.2) is 37.6 Å². The largest absolute Gasteiger partial charge is 0.488 e. The zero-order valence-electron chi connectivity index (χ0n) is 20.8. The summed E-state index contributed by atoms with van der Waals surface area (Å²) in [7, 11) is -1.51. The highest BCUT2D eigenvalue weighted by molar-refractivity contribution is 6.58. The number of nitrogens with one attached hydrogen (secondary N) is 2. The molecule has 3 heterocycles. The van der Waals surface area contributed by atoms with Crippen molar-refractivity contribution in [2.24, 2.45) is 0 Å². The Morgan fingerprint density at radius 1 is 1.08 bits per heavy atom. The topological polar surface area (TPSA) is 125 Å². The zero-order valence-corrected chi connectivity index (χ0v) is 20.8. The Morgan fingerprint density at radius 3 is 2.76 bits per heavy atom. The van der Waals surface area contributed by atoms with Crippen LogP contribution in [-0.2, 0) is 19.4 Å². The molecule has 5 aromatic rings. The molecule has 2 aromatic carbocycles. The van der Waals surface area contributed by atoms with Crippen LogP contribution < -0.4 is 16.1 Å². The standard InChI is InChI=1S/C28H26BN5O4/c1-17-14-21-23(31-27(35)25-12-5-13-38-25)10-4-11-24(21)34(17)28-32-22-9-3-8-20(22)26(33-28)30-16-18-6-2-7-19(15-18)29(36)37/h2,4-7,10-15,36-37H,3,8-9,16H2,1H3,(H,31,35)(H,30,32,33). The number of hydrogen-bond donors (Lipinski definition) is 4. The van der Waals surface area contributed by atoms with Crippen molar-refractivity contribution in [3.05, 3.63) is 95.2 Å². The maximum Gasteiger partial charge on any atom is 0.488 e. The van der Waals surface area contributed by atoms with Crippen molar-refractivity contribution in [1.29, 1.82) is 0 Å². The Morgan fingerprint density at radius 2 is 1.95 bits per heavy atom. The first-order valence-corrected chi connectivity index (χ1v) is 12.5. The second-order valence-corrected chi connectivity index (χ2v) is 9.41. The lowest BCUT2D eigenvalue weighted by atomic mass is 9.79. The highest BCUT2D eigenvalue weighted by atomic mass is 16.4. The van der Waals surface area contributed by atoms with Crippen LogP contribution in [0.2, 0.25) is 0 Å². The second kappa shape index (κ2) is 9.81. The SMILES string of the molecule is Cc1cc2c(NC(=O)c3ccco3)cccc2n1-c1nc2c(c(NCc3cccc(B(O)O)c3)n1)CCC2. The van der Waals surface area contributed by atoms with Crippen molar-refractivity contribution in [3.63, 3.8) is 0 Å². The molecule has 0 bridgehead atoms. The molecule has 0 saturated heterocycles. The molecule has 190 valence electrons. The lowest BCUT2D eigenvalue weighted by Gasteiger charge is -2.15. The molecular formula is C28H26BN5O4. The highest BCUT2D eigenvalue weighted by Crippen LogP contribution is 2.32. The number of carbonyl (C=O) groups is 1. The summed E-state index contributed by atoms with van der Waals surface area (Å²) in [6.07, 6.45) is 4.28. The van der Waals surface area contributed by atoms with E-state index >= 15 is 0 Å². The molecule has 0 fully saturated rings. The predicted octanol–water partition coefficient (Wildman–Crippen LogP) is 3.35. The van der Waals surface area contributed by atoms with E-state index in [1.807, 2.05) is 41.8 Å². The number of carbonyl (C=O) groups excluding carboxylic acids is 1. The van der Waals surface area contributed by atoms with Gasteiger partial charge in [-0.2, -0.15) is 4.98 Å². The van der Waals surface area contributed by atoms with Gasteiger partial charge in [0, 0.05) is 23.2 Å². The first kappa shape index (κ1) is 24.0. The van der Waals surface area contributed by atoms with Crippen LogP contribution in [0.3, 0.4) is 0 Å². The molecule has 0 spiro atoms. The van der Waals surface area contributed by atoms with Gasteiger partial charge in [0.15, 0.2) is 5.76 Å². The van der Waals surface area contributed by atoms with Crippen LogP contribution in [0.5, 0.6) is 0 Å². The fourth-order valence-corrected chi connectivity index (χ4v) is 5.04. The van der Waals surface area contributed by atoms with E-state index in [1.165, 1.54) is 6.26 Å². The Hall–Kier alpha value is -4.41. The molecule has 0 unspecified atom stereocenters. The third kappa shape index (κ3) is 4.44. The maximum atomic E-state index is 12.6. The summed E-state index contributed by atoms with van der Waals surface area (Å²) in [4.78, 5) is 22.5. The van der Waals surface area contributed by atoms with Gasteiger partial charge >= 0.3 is 7.12 Å². The number of anilines is 2. The van der Waals surface area contributed by atoms with Crippen LogP contribution in [0, 0.1) is 6.92 Å². The van der Waals surface area contributed by atoms with Crippen LogP contribution in [0.4, 0.5) is 11.5 Å². The molecule has 38 heavy (non-hydrogen) atoms. The molecule has 4 N–H and O–H groups in total. The lowest BCUT2D eigenvalue weighted by Crippen LogP contribution is -2.30. The maximum absolute atomic E-state index is 12.6. The molecular weight excluding hydrogens is 481 g/mol. The molecule has 1 aliphatic carbocycles. The van der Waals surface area contributed by atoms with E-state index in [2.05, 4.69) is 10.6 Å². The number of furan rings is 1. The average Bonchev–Trinajstić information content (AvgIpc) is 3.67. The summed E-state index contributed by atoms with van der Waals surface area (Å²) >= 11 is 0. The van der Waals surface area contributed by atoms with Gasteiger partial charge in [0.05, 0.1) is 23.2 Å². The number of nitrogens with zero attached hydrogens (tertiary/aromatic N) is 3. The van der Waals surface area contributed by atoms with E-state index in [0.717, 1.165) is 58.5 Å². The van der Waals surface area contributed by atoms with E-state index in [-0.39, 0.29) is 11.7 Å². The quantitative estimate of drug-likeness (QED) is 0.249. The number of amides is 1. The van der Waals surface area contributed by atoms with Crippen LogP contribution >= 0.6 is 0 Å². The number of aryl methyl sites for hydroxylation is 2. The molecule has 6 rings (SSSR count). The fourth-order valence-electron chi connectivity index (χ4n) is 5.04. The van der Waals surface area contributed by atoms with Crippen molar-refractivity contribution in [2.75, 3.05) is 10.6 Å². The average molecular weight is 507 g/mol. The van der Waals surface area contributed by atoms with E-state index in [4.69, 9.17) is 14.4 Å². The van der Waals surface area contributed by atoms with Crippen molar-refractivity contribution in [2.45, 2.75) is 32.7 Å². The molecule has 1 amide bonds. The van der Waals surface area contributed by atoms with Crippen molar-refractivity contribution < 1.29 is 19.3 Å². The van der Waals surface area contributed by atoms with Crippen molar-refractivity contribution in [3.8, 4) is 5.95 Å². The molecule has 3 aromatic heterocycles. The number of fused-ring (bicyclic) bond motifs is 2. The smallest absolute Gasteiger partial charge is 0.459 e. The minimum atomic E-state index is -1.51. The summed E-state index contributed by atoms with van der Waals surface area (Å²) in [5, 5.41) is 26.3. The van der Waals surface area contributed by atoms with Gasteiger partial charge in [-0.25, -0.2) is 4.98 Å². The zero-order chi connectivity index (χ0) is 26.2. The monoisotopic (exact) mass is 507 g/mol. The minimum Gasteiger partial charge on any atom is -0.459 e. The van der Waals surface area contributed by atoms with Gasteiger partial charge in [-0.15, -0.1) is 0 Å². The minimum absolute atomic E-state index is 0.245. The number of rotatable bonds is 7. The number of benzene rings is 2. The van der Waals surface area contributed by atoms with E-state index in [9.17, 15) is 14.8 Å². The van der Waals surface area contributed by atoms with Gasteiger partial charge < -0.3 is 25.1 Å². The second-order valence-electron chi connectivity index (χ2n) is 9.41. The summed E-state index contributed by atoms with van der Waals surface area (Å²) in [6.45, 7) is 2.48. The van der Waals surface area contributed by atoms with E-state index < -0.39 is 7.12 Å². The van der Waals surface area contributed by atoms with E-state index in [1.54, 1.807) is 30.3 Å². The van der Waals surface area contributed by atoms with Crippen LogP contribution in [0.15, 0.2) is 71.3 Å². The Labute approximate surface area is 219 Å². The van der Waals surface area contributed by atoms with Crippen LogP contribution in [0.1, 0.15) is 39.5 Å². The summed E-state index contributed by atoms with van der Waals surface area (Å²) in [5.74, 6) is 1.27. The summed E-state index contributed by atoms with van der Waals surface area (Å²) in [6, 6.07) is 18.2. The molecule has 1 aliphatic rings. The van der Waals surface area contributed by atoms with Gasteiger partial charge in [0.25, 0.3) is 5.91 Å². The predicted molar refractivity (Wildman–Crippen MR) is 146 cm³/mol.